The van der Waals surface area contributed by atoms with Crippen molar-refractivity contribution in [2.75, 3.05) is 6.54 Å². The monoisotopic (exact) mass is 287 g/mol. The SMILES string of the molecule is NS(=O)(=O)c1ccc(CNCCc2cscn2)o1. The van der Waals surface area contributed by atoms with Crippen LogP contribution in [0.1, 0.15) is 11.5 Å². The average molecular weight is 287 g/mol. The minimum Gasteiger partial charge on any atom is -0.447 e. The lowest BCUT2D eigenvalue weighted by Crippen LogP contribution is -2.16. The molecule has 0 unspecified atom stereocenters. The summed E-state index contributed by atoms with van der Waals surface area (Å²) in [4.78, 5) is 4.16. The Kier molecular flexibility index (Phi) is 4.12. The van der Waals surface area contributed by atoms with E-state index >= 15 is 0 Å². The predicted octanol–water partition coefficient (Wildman–Crippen LogP) is 0.716. The molecule has 2 aromatic heterocycles. The number of furan rings is 1. The van der Waals surface area contributed by atoms with Crippen molar-refractivity contribution in [3.63, 3.8) is 0 Å². The van der Waals surface area contributed by atoms with Gasteiger partial charge >= 0.3 is 0 Å². The van der Waals surface area contributed by atoms with Gasteiger partial charge in [0.2, 0.25) is 5.09 Å². The number of sulfonamides is 1. The molecule has 0 saturated heterocycles. The first-order valence-electron chi connectivity index (χ1n) is 5.25. The van der Waals surface area contributed by atoms with Crippen LogP contribution in [-0.2, 0) is 23.0 Å². The summed E-state index contributed by atoms with van der Waals surface area (Å²) < 4.78 is 27.1. The van der Waals surface area contributed by atoms with Gasteiger partial charge in [0, 0.05) is 18.3 Å². The lowest BCUT2D eigenvalue weighted by molar-refractivity contribution is 0.403. The van der Waals surface area contributed by atoms with Gasteiger partial charge in [0.15, 0.2) is 0 Å². The normalized spacial score (nSPS) is 11.8. The van der Waals surface area contributed by atoms with Gasteiger partial charge in [0.25, 0.3) is 10.0 Å². The molecule has 2 heterocycles. The van der Waals surface area contributed by atoms with E-state index in [1.807, 2.05) is 5.38 Å². The van der Waals surface area contributed by atoms with Crippen molar-refractivity contribution in [2.45, 2.75) is 18.1 Å². The molecule has 0 aliphatic rings. The van der Waals surface area contributed by atoms with E-state index < -0.39 is 10.0 Å². The largest absolute Gasteiger partial charge is 0.447 e. The number of nitrogens with one attached hydrogen (secondary N) is 1. The van der Waals surface area contributed by atoms with Crippen LogP contribution in [0.25, 0.3) is 0 Å². The van der Waals surface area contributed by atoms with E-state index in [0.29, 0.717) is 12.3 Å². The molecular weight excluding hydrogens is 274 g/mol. The van der Waals surface area contributed by atoms with E-state index in [0.717, 1.165) is 18.7 Å². The Hall–Kier alpha value is -1.22. The lowest BCUT2D eigenvalue weighted by Gasteiger charge is -2.00. The van der Waals surface area contributed by atoms with Crippen LogP contribution in [-0.4, -0.2) is 19.9 Å². The molecule has 0 aromatic carbocycles. The standard InChI is InChI=1S/C10H13N3O3S2/c11-18(14,15)10-2-1-9(16-10)5-12-4-3-8-6-17-7-13-8/h1-2,6-7,12H,3-5H2,(H2,11,14,15). The van der Waals surface area contributed by atoms with Crippen LogP contribution in [0.3, 0.4) is 0 Å². The Morgan fingerprint density at radius 3 is 2.89 bits per heavy atom. The molecule has 98 valence electrons. The summed E-state index contributed by atoms with van der Waals surface area (Å²) in [6, 6.07) is 2.95. The molecule has 2 aromatic rings. The van der Waals surface area contributed by atoms with Gasteiger partial charge in [-0.1, -0.05) is 0 Å². The molecular formula is C10H13N3O3S2. The summed E-state index contributed by atoms with van der Waals surface area (Å²) in [5.41, 5.74) is 2.83. The summed E-state index contributed by atoms with van der Waals surface area (Å²) in [6.07, 6.45) is 0.826. The first-order valence-corrected chi connectivity index (χ1v) is 7.74. The van der Waals surface area contributed by atoms with Gasteiger partial charge in [0.05, 0.1) is 17.7 Å². The van der Waals surface area contributed by atoms with Crippen molar-refractivity contribution in [1.29, 1.82) is 0 Å². The zero-order valence-corrected chi connectivity index (χ0v) is 11.1. The van der Waals surface area contributed by atoms with Crippen LogP contribution < -0.4 is 10.5 Å². The Balaban J connectivity index is 1.79. The maximum absolute atomic E-state index is 11.0. The van der Waals surface area contributed by atoms with Crippen molar-refractivity contribution in [2.24, 2.45) is 5.14 Å². The van der Waals surface area contributed by atoms with E-state index in [2.05, 4.69) is 10.3 Å². The predicted molar refractivity (Wildman–Crippen MR) is 67.6 cm³/mol. The molecule has 2 rings (SSSR count). The van der Waals surface area contributed by atoms with Crippen molar-refractivity contribution >= 4 is 21.4 Å². The smallest absolute Gasteiger partial charge is 0.271 e. The molecule has 0 aliphatic carbocycles. The van der Waals surface area contributed by atoms with Crippen molar-refractivity contribution in [3.05, 3.63) is 34.5 Å². The second-order valence-electron chi connectivity index (χ2n) is 3.67. The van der Waals surface area contributed by atoms with Gasteiger partial charge in [-0.3, -0.25) is 0 Å². The van der Waals surface area contributed by atoms with Crippen LogP contribution >= 0.6 is 11.3 Å². The van der Waals surface area contributed by atoms with Crippen LogP contribution in [0.15, 0.2) is 32.5 Å². The first kappa shape index (κ1) is 13.2. The topological polar surface area (TPSA) is 98.2 Å². The number of nitrogens with two attached hydrogens (primary N) is 1. The van der Waals surface area contributed by atoms with Crippen molar-refractivity contribution in [3.8, 4) is 0 Å². The number of hydrogen-bond donors (Lipinski definition) is 2. The number of primary sulfonamides is 1. The summed E-state index contributed by atoms with van der Waals surface area (Å²) >= 11 is 1.56. The molecule has 6 nitrogen and oxygen atoms in total. The highest BCUT2D eigenvalue weighted by Gasteiger charge is 2.12. The Bertz CT molecular complexity index is 590. The van der Waals surface area contributed by atoms with E-state index in [1.54, 1.807) is 22.9 Å². The fourth-order valence-corrected chi connectivity index (χ4v) is 2.47. The Labute approximate surface area is 109 Å². The maximum atomic E-state index is 11.0. The highest BCUT2D eigenvalue weighted by atomic mass is 32.2. The van der Waals surface area contributed by atoms with Gasteiger partial charge in [0.1, 0.15) is 5.76 Å². The van der Waals surface area contributed by atoms with Crippen molar-refractivity contribution in [1.82, 2.24) is 10.3 Å². The number of rotatable bonds is 6. The highest BCUT2D eigenvalue weighted by molar-refractivity contribution is 7.89. The van der Waals surface area contributed by atoms with Gasteiger partial charge in [-0.25, -0.2) is 18.5 Å². The number of aromatic nitrogens is 1. The third-order valence-electron chi connectivity index (χ3n) is 2.26. The molecule has 18 heavy (non-hydrogen) atoms. The van der Waals surface area contributed by atoms with Gasteiger partial charge < -0.3 is 9.73 Å². The second kappa shape index (κ2) is 5.61. The number of hydrogen-bond acceptors (Lipinski definition) is 6. The third-order valence-corrected chi connectivity index (χ3v) is 3.67. The second-order valence-corrected chi connectivity index (χ2v) is 5.88. The fraction of sp³-hybridized carbons (Fsp3) is 0.300. The van der Waals surface area contributed by atoms with Crippen LogP contribution in [0.4, 0.5) is 0 Å². The van der Waals surface area contributed by atoms with E-state index in [1.165, 1.54) is 6.07 Å². The van der Waals surface area contributed by atoms with E-state index in [-0.39, 0.29) is 5.09 Å². The molecule has 0 atom stereocenters. The number of nitrogens with zero attached hydrogens (tertiary/aromatic N) is 1. The van der Waals surface area contributed by atoms with Crippen molar-refractivity contribution < 1.29 is 12.8 Å². The summed E-state index contributed by atoms with van der Waals surface area (Å²) in [7, 11) is -3.75. The quantitative estimate of drug-likeness (QED) is 0.763. The zero-order chi connectivity index (χ0) is 13.0. The number of thiazole rings is 1. The Morgan fingerprint density at radius 2 is 2.28 bits per heavy atom. The maximum Gasteiger partial charge on any atom is 0.271 e. The fourth-order valence-electron chi connectivity index (χ4n) is 1.40. The molecule has 0 radical (unpaired) electrons. The molecule has 0 amide bonds. The molecule has 0 aliphatic heterocycles. The summed E-state index contributed by atoms with van der Waals surface area (Å²) in [5, 5.41) is 9.86. The molecule has 0 saturated carbocycles. The Morgan fingerprint density at radius 1 is 1.44 bits per heavy atom. The molecule has 3 N–H and O–H groups in total. The van der Waals surface area contributed by atoms with Crippen LogP contribution in [0.5, 0.6) is 0 Å². The molecule has 0 spiro atoms. The molecule has 0 bridgehead atoms. The van der Waals surface area contributed by atoms with Gasteiger partial charge in [-0.2, -0.15) is 0 Å². The lowest BCUT2D eigenvalue weighted by atomic mass is 10.3. The van der Waals surface area contributed by atoms with Crippen LogP contribution in [0.2, 0.25) is 0 Å². The highest BCUT2D eigenvalue weighted by Crippen LogP contribution is 2.11. The van der Waals surface area contributed by atoms with E-state index in [4.69, 9.17) is 9.56 Å². The molecule has 0 fully saturated rings. The van der Waals surface area contributed by atoms with Gasteiger partial charge in [-0.05, 0) is 12.1 Å². The van der Waals surface area contributed by atoms with Crippen LogP contribution in [0, 0.1) is 0 Å². The summed E-state index contributed by atoms with van der Waals surface area (Å²) in [5.74, 6) is 0.539. The minimum absolute atomic E-state index is 0.209. The first-order chi connectivity index (χ1) is 8.55. The zero-order valence-electron chi connectivity index (χ0n) is 9.50. The average Bonchev–Trinajstić information content (AvgIpc) is 2.95. The third kappa shape index (κ3) is 3.64. The summed E-state index contributed by atoms with van der Waals surface area (Å²) in [6.45, 7) is 1.20. The minimum atomic E-state index is -3.75. The van der Waals surface area contributed by atoms with Gasteiger partial charge in [-0.15, -0.1) is 11.3 Å². The molecule has 8 heteroatoms. The van der Waals surface area contributed by atoms with E-state index in [9.17, 15) is 8.42 Å².